The fraction of sp³-hybridized carbons (Fsp3) is 0.300. The highest BCUT2D eigenvalue weighted by atomic mass is 16.6. The maximum absolute atomic E-state index is 10.9. The van der Waals surface area contributed by atoms with Gasteiger partial charge in [0.2, 0.25) is 0 Å². The van der Waals surface area contributed by atoms with Gasteiger partial charge in [0.15, 0.2) is 5.75 Å². The molecule has 5 heteroatoms. The summed E-state index contributed by atoms with van der Waals surface area (Å²) in [7, 11) is 1.36. The number of nitro benzene ring substituents is 1. The minimum atomic E-state index is -0.517. The van der Waals surface area contributed by atoms with Gasteiger partial charge in [-0.15, -0.1) is 0 Å². The SMILES string of the molecule is COc1cc(CC(C)=O)ccc1[N+](=O)[O-]. The van der Waals surface area contributed by atoms with Crippen molar-refractivity contribution in [3.8, 4) is 5.75 Å². The lowest BCUT2D eigenvalue weighted by atomic mass is 10.1. The summed E-state index contributed by atoms with van der Waals surface area (Å²) in [6, 6.07) is 4.42. The van der Waals surface area contributed by atoms with Crippen LogP contribution in [0.15, 0.2) is 18.2 Å². The molecular weight excluding hydrogens is 198 g/mol. The monoisotopic (exact) mass is 209 g/mol. The van der Waals surface area contributed by atoms with Crippen LogP contribution in [0, 0.1) is 10.1 Å². The van der Waals surface area contributed by atoms with E-state index >= 15 is 0 Å². The lowest BCUT2D eigenvalue weighted by Crippen LogP contribution is -1.99. The normalized spacial score (nSPS) is 9.73. The van der Waals surface area contributed by atoms with Crippen LogP contribution in [0.1, 0.15) is 12.5 Å². The highest BCUT2D eigenvalue weighted by Gasteiger charge is 2.14. The largest absolute Gasteiger partial charge is 0.490 e. The molecule has 80 valence electrons. The number of ketones is 1. The van der Waals surface area contributed by atoms with Gasteiger partial charge in [-0.2, -0.15) is 0 Å². The second kappa shape index (κ2) is 4.54. The molecule has 0 heterocycles. The number of rotatable bonds is 4. The number of benzene rings is 1. The standard InChI is InChI=1S/C10H11NO4/c1-7(12)5-8-3-4-9(11(13)14)10(6-8)15-2/h3-4,6H,5H2,1-2H3. The molecule has 0 N–H and O–H groups in total. The average molecular weight is 209 g/mol. The molecular formula is C10H11NO4. The van der Waals surface area contributed by atoms with Crippen molar-refractivity contribution in [1.29, 1.82) is 0 Å². The fourth-order valence-electron chi connectivity index (χ4n) is 1.27. The molecule has 0 aliphatic heterocycles. The van der Waals surface area contributed by atoms with Crippen LogP contribution in [0.3, 0.4) is 0 Å². The van der Waals surface area contributed by atoms with Gasteiger partial charge < -0.3 is 4.74 Å². The van der Waals surface area contributed by atoms with Crippen LogP contribution in [0.4, 0.5) is 5.69 Å². The maximum atomic E-state index is 10.9. The molecule has 0 bridgehead atoms. The Morgan fingerprint density at radius 1 is 1.53 bits per heavy atom. The minimum absolute atomic E-state index is 0.00547. The Balaban J connectivity index is 3.07. The molecule has 15 heavy (non-hydrogen) atoms. The third-order valence-corrected chi connectivity index (χ3v) is 1.89. The number of nitro groups is 1. The maximum Gasteiger partial charge on any atom is 0.310 e. The number of carbonyl (C=O) groups excluding carboxylic acids is 1. The Kier molecular flexibility index (Phi) is 3.38. The van der Waals surface area contributed by atoms with E-state index in [-0.39, 0.29) is 23.6 Å². The number of ether oxygens (including phenoxy) is 1. The second-order valence-electron chi connectivity index (χ2n) is 3.14. The lowest BCUT2D eigenvalue weighted by molar-refractivity contribution is -0.385. The van der Waals surface area contributed by atoms with Crippen LogP contribution in [0.5, 0.6) is 5.75 Å². The molecule has 0 aromatic heterocycles. The molecule has 0 saturated carbocycles. The number of Topliss-reactive ketones (excluding diaryl/α,β-unsaturated/α-hetero) is 1. The molecule has 1 aromatic rings. The molecule has 0 fully saturated rings. The summed E-state index contributed by atoms with van der Waals surface area (Å²) >= 11 is 0. The number of hydrogen-bond donors (Lipinski definition) is 0. The van der Waals surface area contributed by atoms with E-state index in [0.717, 1.165) is 0 Å². The van der Waals surface area contributed by atoms with Crippen molar-refractivity contribution in [2.24, 2.45) is 0 Å². The Hall–Kier alpha value is -1.91. The molecule has 5 nitrogen and oxygen atoms in total. The van der Waals surface area contributed by atoms with E-state index in [4.69, 9.17) is 4.74 Å². The van der Waals surface area contributed by atoms with Crippen LogP contribution >= 0.6 is 0 Å². The van der Waals surface area contributed by atoms with E-state index < -0.39 is 4.92 Å². The van der Waals surface area contributed by atoms with Gasteiger partial charge in [-0.3, -0.25) is 14.9 Å². The molecule has 0 spiro atoms. The fourth-order valence-corrected chi connectivity index (χ4v) is 1.27. The van der Waals surface area contributed by atoms with Crippen LogP contribution in [-0.4, -0.2) is 17.8 Å². The molecule has 0 amide bonds. The molecule has 0 saturated heterocycles. The van der Waals surface area contributed by atoms with Crippen molar-refractivity contribution in [3.63, 3.8) is 0 Å². The molecule has 1 aromatic carbocycles. The van der Waals surface area contributed by atoms with Gasteiger partial charge >= 0.3 is 5.69 Å². The average Bonchev–Trinajstić information content (AvgIpc) is 2.16. The van der Waals surface area contributed by atoms with Crippen molar-refractivity contribution in [1.82, 2.24) is 0 Å². The Labute approximate surface area is 86.8 Å². The van der Waals surface area contributed by atoms with Crippen molar-refractivity contribution in [2.45, 2.75) is 13.3 Å². The van der Waals surface area contributed by atoms with Gasteiger partial charge in [-0.25, -0.2) is 0 Å². The first-order chi connectivity index (χ1) is 7.04. The lowest BCUT2D eigenvalue weighted by Gasteiger charge is -2.03. The molecule has 0 aliphatic carbocycles. The zero-order valence-electron chi connectivity index (χ0n) is 8.52. The van der Waals surface area contributed by atoms with E-state index in [1.165, 1.54) is 26.2 Å². The minimum Gasteiger partial charge on any atom is -0.490 e. The summed E-state index contributed by atoms with van der Waals surface area (Å²) in [4.78, 5) is 20.9. The van der Waals surface area contributed by atoms with Gasteiger partial charge in [0, 0.05) is 12.5 Å². The van der Waals surface area contributed by atoms with Crippen LogP contribution in [0.25, 0.3) is 0 Å². The number of hydrogen-bond acceptors (Lipinski definition) is 4. The van der Waals surface area contributed by atoms with Crippen LogP contribution < -0.4 is 4.74 Å². The predicted molar refractivity (Wildman–Crippen MR) is 54.0 cm³/mol. The summed E-state index contributed by atoms with van der Waals surface area (Å²) in [6.07, 6.45) is 0.258. The zero-order chi connectivity index (χ0) is 11.4. The highest BCUT2D eigenvalue weighted by molar-refractivity contribution is 5.78. The Morgan fingerprint density at radius 2 is 2.20 bits per heavy atom. The summed E-state index contributed by atoms with van der Waals surface area (Å²) < 4.78 is 4.88. The number of nitrogens with zero attached hydrogens (tertiary/aromatic N) is 1. The number of carbonyl (C=O) groups is 1. The van der Waals surface area contributed by atoms with Crippen LogP contribution in [-0.2, 0) is 11.2 Å². The summed E-state index contributed by atoms with van der Waals surface area (Å²) in [5, 5.41) is 10.6. The summed E-state index contributed by atoms with van der Waals surface area (Å²) in [5.74, 6) is 0.185. The molecule has 0 aliphatic rings. The summed E-state index contributed by atoms with van der Waals surface area (Å²) in [6.45, 7) is 1.47. The third kappa shape index (κ3) is 2.77. The van der Waals surface area contributed by atoms with E-state index in [2.05, 4.69) is 0 Å². The molecule has 1 rings (SSSR count). The van der Waals surface area contributed by atoms with Crippen molar-refractivity contribution in [2.75, 3.05) is 7.11 Å². The summed E-state index contributed by atoms with van der Waals surface area (Å²) in [5.41, 5.74) is 0.620. The molecule has 0 atom stereocenters. The predicted octanol–water partition coefficient (Wildman–Crippen LogP) is 1.73. The first kappa shape index (κ1) is 11.2. The van der Waals surface area contributed by atoms with Crippen molar-refractivity contribution < 1.29 is 14.5 Å². The van der Waals surface area contributed by atoms with Gasteiger partial charge in [0.25, 0.3) is 0 Å². The van der Waals surface area contributed by atoms with E-state index in [9.17, 15) is 14.9 Å². The third-order valence-electron chi connectivity index (χ3n) is 1.89. The number of methoxy groups -OCH3 is 1. The Morgan fingerprint density at radius 3 is 2.67 bits per heavy atom. The molecule has 0 radical (unpaired) electrons. The van der Waals surface area contributed by atoms with Gasteiger partial charge in [-0.05, 0) is 18.6 Å². The van der Waals surface area contributed by atoms with E-state index in [1.807, 2.05) is 0 Å². The van der Waals surface area contributed by atoms with Crippen LogP contribution in [0.2, 0.25) is 0 Å². The quantitative estimate of drug-likeness (QED) is 0.559. The zero-order valence-corrected chi connectivity index (χ0v) is 8.52. The van der Waals surface area contributed by atoms with Crippen molar-refractivity contribution >= 4 is 11.5 Å². The van der Waals surface area contributed by atoms with Gasteiger partial charge in [0.1, 0.15) is 5.78 Å². The molecule has 0 unspecified atom stereocenters. The smallest absolute Gasteiger partial charge is 0.310 e. The van der Waals surface area contributed by atoms with Gasteiger partial charge in [0.05, 0.1) is 12.0 Å². The highest BCUT2D eigenvalue weighted by Crippen LogP contribution is 2.27. The van der Waals surface area contributed by atoms with E-state index in [1.54, 1.807) is 6.07 Å². The first-order valence-electron chi connectivity index (χ1n) is 4.35. The second-order valence-corrected chi connectivity index (χ2v) is 3.14. The van der Waals surface area contributed by atoms with Crippen molar-refractivity contribution in [3.05, 3.63) is 33.9 Å². The topological polar surface area (TPSA) is 69.4 Å². The van der Waals surface area contributed by atoms with E-state index in [0.29, 0.717) is 5.56 Å². The first-order valence-corrected chi connectivity index (χ1v) is 4.35. The Bertz CT molecular complexity index is 400. The van der Waals surface area contributed by atoms with Gasteiger partial charge in [-0.1, -0.05) is 6.07 Å².